The van der Waals surface area contributed by atoms with Crippen molar-refractivity contribution in [2.75, 3.05) is 14.2 Å². The first-order valence-electron chi connectivity index (χ1n) is 8.41. The summed E-state index contributed by atoms with van der Waals surface area (Å²) < 4.78 is 21.6. The van der Waals surface area contributed by atoms with Crippen molar-refractivity contribution in [3.8, 4) is 23.0 Å². The number of methoxy groups -OCH3 is 2. The van der Waals surface area contributed by atoms with E-state index in [1.807, 2.05) is 42.5 Å². The first kappa shape index (κ1) is 18.3. The van der Waals surface area contributed by atoms with Crippen LogP contribution >= 0.6 is 0 Å². The molecule has 0 N–H and O–H groups in total. The molecular formula is C22H20O5. The van der Waals surface area contributed by atoms with Crippen LogP contribution in [0, 0.1) is 0 Å². The molecule has 138 valence electrons. The molecule has 0 saturated heterocycles. The maximum Gasteiger partial charge on any atom is 0.343 e. The fourth-order valence-electron chi connectivity index (χ4n) is 2.50. The van der Waals surface area contributed by atoms with Crippen LogP contribution in [0.1, 0.15) is 15.9 Å². The number of carbonyl (C=O) groups is 1. The number of hydrogen-bond acceptors (Lipinski definition) is 5. The molecule has 0 heterocycles. The SMILES string of the molecule is COc1ccccc1OCc1ccc(C(=O)Oc2ccccc2OC)cc1. The molecule has 0 atom stereocenters. The standard InChI is InChI=1S/C22H20O5/c1-24-18-7-3-5-9-20(18)26-15-16-11-13-17(14-12-16)22(23)27-21-10-6-4-8-19(21)25-2/h3-14H,15H2,1-2H3. The van der Waals surface area contributed by atoms with E-state index in [4.69, 9.17) is 18.9 Å². The Bertz CT molecular complexity index is 903. The normalized spacial score (nSPS) is 10.1. The molecule has 0 fully saturated rings. The molecule has 0 saturated carbocycles. The van der Waals surface area contributed by atoms with E-state index in [9.17, 15) is 4.79 Å². The monoisotopic (exact) mass is 364 g/mol. The van der Waals surface area contributed by atoms with Gasteiger partial charge in [0.25, 0.3) is 0 Å². The van der Waals surface area contributed by atoms with Crippen LogP contribution in [0.3, 0.4) is 0 Å². The van der Waals surface area contributed by atoms with Crippen molar-refractivity contribution in [3.63, 3.8) is 0 Å². The van der Waals surface area contributed by atoms with Crippen molar-refractivity contribution >= 4 is 5.97 Å². The summed E-state index contributed by atoms with van der Waals surface area (Å²) in [4.78, 5) is 12.3. The zero-order chi connectivity index (χ0) is 19.1. The number of esters is 1. The van der Waals surface area contributed by atoms with Gasteiger partial charge in [0.15, 0.2) is 23.0 Å². The number of hydrogen-bond donors (Lipinski definition) is 0. The fraction of sp³-hybridized carbons (Fsp3) is 0.136. The molecular weight excluding hydrogens is 344 g/mol. The highest BCUT2D eigenvalue weighted by Crippen LogP contribution is 2.28. The minimum Gasteiger partial charge on any atom is -0.493 e. The van der Waals surface area contributed by atoms with Gasteiger partial charge in [0.2, 0.25) is 0 Å². The number of benzene rings is 3. The zero-order valence-electron chi connectivity index (χ0n) is 15.2. The average molecular weight is 364 g/mol. The second kappa shape index (κ2) is 8.76. The lowest BCUT2D eigenvalue weighted by Gasteiger charge is -2.11. The lowest BCUT2D eigenvalue weighted by Crippen LogP contribution is -2.09. The molecule has 3 aromatic carbocycles. The van der Waals surface area contributed by atoms with Gasteiger partial charge < -0.3 is 18.9 Å². The first-order valence-corrected chi connectivity index (χ1v) is 8.41. The summed E-state index contributed by atoms with van der Waals surface area (Å²) in [5, 5.41) is 0. The molecule has 0 amide bonds. The summed E-state index contributed by atoms with van der Waals surface area (Å²) in [6, 6.07) is 21.5. The summed E-state index contributed by atoms with van der Waals surface area (Å²) in [5.74, 6) is 1.78. The van der Waals surface area contributed by atoms with E-state index in [-0.39, 0.29) is 0 Å². The summed E-state index contributed by atoms with van der Waals surface area (Å²) in [5.41, 5.74) is 1.37. The molecule has 0 spiro atoms. The fourth-order valence-corrected chi connectivity index (χ4v) is 2.50. The quantitative estimate of drug-likeness (QED) is 0.456. The highest BCUT2D eigenvalue weighted by molar-refractivity contribution is 5.91. The van der Waals surface area contributed by atoms with Crippen molar-refractivity contribution in [2.45, 2.75) is 6.61 Å². The largest absolute Gasteiger partial charge is 0.493 e. The third kappa shape index (κ3) is 4.58. The van der Waals surface area contributed by atoms with Crippen LogP contribution in [0.4, 0.5) is 0 Å². The molecule has 27 heavy (non-hydrogen) atoms. The van der Waals surface area contributed by atoms with Gasteiger partial charge in [-0.25, -0.2) is 4.79 Å². The molecule has 0 aliphatic rings. The van der Waals surface area contributed by atoms with E-state index in [1.54, 1.807) is 37.4 Å². The van der Waals surface area contributed by atoms with Gasteiger partial charge in [0.1, 0.15) is 6.61 Å². The van der Waals surface area contributed by atoms with E-state index < -0.39 is 5.97 Å². The average Bonchev–Trinajstić information content (AvgIpc) is 2.73. The maximum absolute atomic E-state index is 12.3. The van der Waals surface area contributed by atoms with E-state index in [2.05, 4.69) is 0 Å². The third-order valence-corrected chi connectivity index (χ3v) is 3.92. The highest BCUT2D eigenvalue weighted by Gasteiger charge is 2.12. The van der Waals surface area contributed by atoms with E-state index in [0.717, 1.165) is 5.56 Å². The van der Waals surface area contributed by atoms with Crippen LogP contribution in [0.5, 0.6) is 23.0 Å². The van der Waals surface area contributed by atoms with Crippen LogP contribution in [0.25, 0.3) is 0 Å². The second-order valence-electron chi connectivity index (χ2n) is 5.68. The predicted molar refractivity (Wildman–Crippen MR) is 102 cm³/mol. The number of ether oxygens (including phenoxy) is 4. The van der Waals surface area contributed by atoms with Crippen molar-refractivity contribution in [1.82, 2.24) is 0 Å². The Kier molecular flexibility index (Phi) is 5.94. The summed E-state index contributed by atoms with van der Waals surface area (Å²) in [7, 11) is 3.13. The Balaban J connectivity index is 1.63. The number of rotatable bonds is 7. The van der Waals surface area contributed by atoms with Gasteiger partial charge in [-0.2, -0.15) is 0 Å². The molecule has 0 aliphatic carbocycles. The van der Waals surface area contributed by atoms with Gasteiger partial charge in [0, 0.05) is 0 Å². The molecule has 0 bridgehead atoms. The summed E-state index contributed by atoms with van der Waals surface area (Å²) in [6.45, 7) is 0.363. The Labute approximate surface area is 158 Å². The van der Waals surface area contributed by atoms with E-state index >= 15 is 0 Å². The topological polar surface area (TPSA) is 54.0 Å². The Hall–Kier alpha value is -3.47. The Morgan fingerprint density at radius 3 is 1.81 bits per heavy atom. The van der Waals surface area contributed by atoms with E-state index in [1.165, 1.54) is 7.11 Å². The zero-order valence-corrected chi connectivity index (χ0v) is 15.2. The van der Waals surface area contributed by atoms with Gasteiger partial charge in [-0.05, 0) is 42.0 Å². The maximum atomic E-state index is 12.3. The minimum atomic E-state index is -0.448. The van der Waals surface area contributed by atoms with Crippen LogP contribution < -0.4 is 18.9 Å². The van der Waals surface area contributed by atoms with Gasteiger partial charge in [-0.3, -0.25) is 0 Å². The molecule has 5 heteroatoms. The third-order valence-electron chi connectivity index (χ3n) is 3.92. The van der Waals surface area contributed by atoms with Crippen LogP contribution in [0.2, 0.25) is 0 Å². The molecule has 0 radical (unpaired) electrons. The first-order chi connectivity index (χ1) is 13.2. The number of para-hydroxylation sites is 4. The van der Waals surface area contributed by atoms with Crippen LogP contribution in [0.15, 0.2) is 72.8 Å². The van der Waals surface area contributed by atoms with Crippen molar-refractivity contribution in [2.24, 2.45) is 0 Å². The smallest absolute Gasteiger partial charge is 0.343 e. The van der Waals surface area contributed by atoms with Gasteiger partial charge in [-0.1, -0.05) is 36.4 Å². The molecule has 5 nitrogen and oxygen atoms in total. The van der Waals surface area contributed by atoms with Crippen LogP contribution in [-0.4, -0.2) is 20.2 Å². The highest BCUT2D eigenvalue weighted by atomic mass is 16.6. The second-order valence-corrected chi connectivity index (χ2v) is 5.68. The van der Waals surface area contributed by atoms with Crippen molar-refractivity contribution < 1.29 is 23.7 Å². The van der Waals surface area contributed by atoms with Crippen molar-refractivity contribution in [1.29, 1.82) is 0 Å². The molecule has 0 aliphatic heterocycles. The molecule has 0 aromatic heterocycles. The number of carbonyl (C=O) groups excluding carboxylic acids is 1. The summed E-state index contributed by atoms with van der Waals surface area (Å²) in [6.07, 6.45) is 0. The molecule has 3 aromatic rings. The van der Waals surface area contributed by atoms with E-state index in [0.29, 0.717) is 35.2 Å². The Morgan fingerprint density at radius 2 is 1.22 bits per heavy atom. The van der Waals surface area contributed by atoms with Crippen LogP contribution in [-0.2, 0) is 6.61 Å². The van der Waals surface area contributed by atoms with Gasteiger partial charge >= 0.3 is 5.97 Å². The Morgan fingerprint density at radius 1 is 0.704 bits per heavy atom. The lowest BCUT2D eigenvalue weighted by atomic mass is 10.1. The predicted octanol–water partition coefficient (Wildman–Crippen LogP) is 4.50. The molecule has 3 rings (SSSR count). The molecule has 0 unspecified atom stereocenters. The lowest BCUT2D eigenvalue weighted by molar-refractivity contribution is 0.0729. The van der Waals surface area contributed by atoms with Gasteiger partial charge in [-0.15, -0.1) is 0 Å². The summed E-state index contributed by atoms with van der Waals surface area (Å²) >= 11 is 0. The van der Waals surface area contributed by atoms with Crippen molar-refractivity contribution in [3.05, 3.63) is 83.9 Å². The van der Waals surface area contributed by atoms with Gasteiger partial charge in [0.05, 0.1) is 19.8 Å². The minimum absolute atomic E-state index is 0.363.